The van der Waals surface area contributed by atoms with Gasteiger partial charge < -0.3 is 14.2 Å². The summed E-state index contributed by atoms with van der Waals surface area (Å²) in [5.41, 5.74) is 2.09. The molecule has 0 aliphatic carbocycles. The van der Waals surface area contributed by atoms with Gasteiger partial charge in [-0.1, -0.05) is 48.3 Å². The minimum absolute atomic E-state index is 0.210. The van der Waals surface area contributed by atoms with E-state index in [1.807, 2.05) is 49.4 Å². The van der Waals surface area contributed by atoms with Gasteiger partial charge in [-0.25, -0.2) is 9.79 Å². The lowest BCUT2D eigenvalue weighted by atomic mass is 9.95. The first-order chi connectivity index (χ1) is 17.9. The van der Waals surface area contributed by atoms with Crippen LogP contribution < -0.4 is 24.4 Å². The number of thiazole rings is 1. The monoisotopic (exact) mass is 582 g/mol. The number of aromatic nitrogens is 1. The van der Waals surface area contributed by atoms with Crippen LogP contribution in [0.1, 0.15) is 37.9 Å². The number of rotatable bonds is 9. The highest BCUT2D eigenvalue weighted by molar-refractivity contribution is 9.10. The Hall–Kier alpha value is -3.43. The number of hydrogen-bond donors (Lipinski definition) is 0. The quantitative estimate of drug-likeness (QED) is 0.274. The molecule has 1 aromatic heterocycles. The second kappa shape index (κ2) is 11.7. The van der Waals surface area contributed by atoms with Crippen molar-refractivity contribution >= 4 is 39.3 Å². The molecule has 2 aromatic carbocycles. The maximum atomic E-state index is 13.8. The fourth-order valence-electron chi connectivity index (χ4n) is 4.10. The van der Waals surface area contributed by atoms with Gasteiger partial charge in [0, 0.05) is 5.56 Å². The van der Waals surface area contributed by atoms with Gasteiger partial charge in [-0.3, -0.25) is 9.36 Å². The second-order valence-corrected chi connectivity index (χ2v) is 9.93. The third kappa shape index (κ3) is 5.47. The molecule has 0 fully saturated rings. The minimum atomic E-state index is -0.735. The number of benzene rings is 2. The molecule has 1 unspecified atom stereocenters. The van der Waals surface area contributed by atoms with Gasteiger partial charge in [0.15, 0.2) is 4.80 Å². The van der Waals surface area contributed by atoms with Crippen molar-refractivity contribution in [2.45, 2.75) is 26.8 Å². The number of carbonyl (C=O) groups excluding carboxylic acids is 1. The molecular weight excluding hydrogens is 556 g/mol. The highest BCUT2D eigenvalue weighted by atomic mass is 79.9. The molecule has 1 atom stereocenters. The predicted molar refractivity (Wildman–Crippen MR) is 148 cm³/mol. The molecule has 192 valence electrons. The number of nitrogens with zero attached hydrogens (tertiary/aromatic N) is 2. The maximum absolute atomic E-state index is 13.8. The molecule has 0 radical (unpaired) electrons. The van der Waals surface area contributed by atoms with Gasteiger partial charge in [-0.15, -0.1) is 0 Å². The summed E-state index contributed by atoms with van der Waals surface area (Å²) in [4.78, 5) is 32.1. The minimum Gasteiger partial charge on any atom is -0.494 e. The van der Waals surface area contributed by atoms with Crippen LogP contribution >= 0.6 is 27.3 Å². The molecule has 0 spiro atoms. The van der Waals surface area contributed by atoms with E-state index < -0.39 is 12.0 Å². The van der Waals surface area contributed by atoms with E-state index >= 15 is 0 Å². The molecule has 0 saturated carbocycles. The van der Waals surface area contributed by atoms with Crippen molar-refractivity contribution in [1.29, 1.82) is 0 Å². The van der Waals surface area contributed by atoms with E-state index in [0.29, 0.717) is 50.9 Å². The third-order valence-corrected chi connectivity index (χ3v) is 7.24. The molecular formula is C28H27BrN2O5S. The summed E-state index contributed by atoms with van der Waals surface area (Å²) >= 11 is 4.80. The number of ether oxygens (including phenoxy) is 3. The molecule has 0 saturated heterocycles. The number of para-hydroxylation sites is 1. The Morgan fingerprint density at radius 2 is 1.95 bits per heavy atom. The van der Waals surface area contributed by atoms with Crippen molar-refractivity contribution < 1.29 is 19.0 Å². The van der Waals surface area contributed by atoms with Crippen LogP contribution in [0.2, 0.25) is 0 Å². The number of carbonyl (C=O) groups is 1. The zero-order valence-corrected chi connectivity index (χ0v) is 23.2. The molecule has 37 heavy (non-hydrogen) atoms. The number of allylic oxidation sites excluding steroid dienone is 1. The van der Waals surface area contributed by atoms with Crippen LogP contribution in [0.5, 0.6) is 11.5 Å². The van der Waals surface area contributed by atoms with Gasteiger partial charge in [0.05, 0.1) is 33.5 Å². The van der Waals surface area contributed by atoms with Crippen molar-refractivity contribution in [3.8, 4) is 11.5 Å². The Bertz CT molecular complexity index is 1550. The van der Waals surface area contributed by atoms with Crippen molar-refractivity contribution in [2.75, 3.05) is 19.8 Å². The lowest BCUT2D eigenvalue weighted by Gasteiger charge is -2.26. The number of halogens is 1. The smallest absolute Gasteiger partial charge is 0.338 e. The fourth-order valence-corrected chi connectivity index (χ4v) is 5.66. The van der Waals surface area contributed by atoms with E-state index in [1.165, 1.54) is 11.3 Å². The lowest BCUT2D eigenvalue weighted by molar-refractivity contribution is -0.139. The van der Waals surface area contributed by atoms with Crippen LogP contribution in [-0.4, -0.2) is 30.4 Å². The molecule has 0 N–H and O–H groups in total. The predicted octanol–water partition coefficient (Wildman–Crippen LogP) is 4.52. The third-order valence-electron chi connectivity index (χ3n) is 5.64. The largest absolute Gasteiger partial charge is 0.494 e. The maximum Gasteiger partial charge on any atom is 0.338 e. The molecule has 7 nitrogen and oxygen atoms in total. The van der Waals surface area contributed by atoms with Gasteiger partial charge in [-0.2, -0.15) is 0 Å². The van der Waals surface area contributed by atoms with Crippen LogP contribution in [0.15, 0.2) is 80.6 Å². The Labute approximate surface area is 227 Å². The standard InChI is InChI=1S/C28H27BrN2O5S/c1-5-14-36-22-13-12-18(15-20(22)29)16-23-26(32)31-25(19-10-8-9-11-21(19)34-6-2)24(27(33)35-7-3)17(4)30-28(31)37-23/h5,8-13,15-16,25H,1,6-7,14H2,2-4H3. The summed E-state index contributed by atoms with van der Waals surface area (Å²) in [5.74, 6) is 0.772. The van der Waals surface area contributed by atoms with E-state index in [0.717, 1.165) is 10.0 Å². The van der Waals surface area contributed by atoms with Crippen LogP contribution in [0, 0.1) is 0 Å². The fraction of sp³-hybridized carbons (Fsp3) is 0.250. The van der Waals surface area contributed by atoms with Gasteiger partial charge >= 0.3 is 5.97 Å². The number of esters is 1. The first-order valence-corrected chi connectivity index (χ1v) is 13.4. The Morgan fingerprint density at radius 1 is 1.16 bits per heavy atom. The van der Waals surface area contributed by atoms with Crippen molar-refractivity contribution in [1.82, 2.24) is 4.57 Å². The molecule has 4 rings (SSSR count). The Morgan fingerprint density at radius 3 is 2.65 bits per heavy atom. The van der Waals surface area contributed by atoms with Crippen LogP contribution in [0.4, 0.5) is 0 Å². The summed E-state index contributed by atoms with van der Waals surface area (Å²) in [6, 6.07) is 12.3. The summed E-state index contributed by atoms with van der Waals surface area (Å²) in [5, 5.41) is 0. The Balaban J connectivity index is 1.90. The number of fused-ring (bicyclic) bond motifs is 1. The number of hydrogen-bond acceptors (Lipinski definition) is 7. The first kappa shape index (κ1) is 26.6. The Kier molecular flexibility index (Phi) is 8.45. The molecule has 0 bridgehead atoms. The highest BCUT2D eigenvalue weighted by Crippen LogP contribution is 2.36. The zero-order chi connectivity index (χ0) is 26.5. The van der Waals surface area contributed by atoms with E-state index in [2.05, 4.69) is 27.5 Å². The normalized spacial score (nSPS) is 15.1. The SMILES string of the molecule is C=CCOc1ccc(C=c2sc3n(c2=O)C(c2ccccc2OCC)C(C(=O)OCC)=C(C)N=3)cc1Br. The van der Waals surface area contributed by atoms with Crippen LogP contribution in [-0.2, 0) is 9.53 Å². The molecule has 9 heteroatoms. The lowest BCUT2D eigenvalue weighted by Crippen LogP contribution is -2.40. The average Bonchev–Trinajstić information content (AvgIpc) is 3.17. The summed E-state index contributed by atoms with van der Waals surface area (Å²) < 4.78 is 19.7. The molecule has 0 amide bonds. The van der Waals surface area contributed by atoms with Crippen molar-refractivity contribution in [3.63, 3.8) is 0 Å². The first-order valence-electron chi connectivity index (χ1n) is 11.8. The van der Waals surface area contributed by atoms with Gasteiger partial charge in [0.2, 0.25) is 0 Å². The molecule has 1 aliphatic rings. The average molecular weight is 584 g/mol. The summed E-state index contributed by atoms with van der Waals surface area (Å²) in [6.07, 6.45) is 3.48. The topological polar surface area (TPSA) is 79.1 Å². The van der Waals surface area contributed by atoms with Gasteiger partial charge in [0.25, 0.3) is 5.56 Å². The zero-order valence-electron chi connectivity index (χ0n) is 20.8. The van der Waals surface area contributed by atoms with E-state index in [4.69, 9.17) is 14.2 Å². The molecule has 1 aliphatic heterocycles. The van der Waals surface area contributed by atoms with Crippen LogP contribution in [0.3, 0.4) is 0 Å². The van der Waals surface area contributed by atoms with Gasteiger partial charge in [-0.05, 0) is 66.5 Å². The van der Waals surface area contributed by atoms with E-state index in [-0.39, 0.29) is 12.2 Å². The molecule has 3 aromatic rings. The second-order valence-electron chi connectivity index (χ2n) is 8.06. The molecule has 2 heterocycles. The van der Waals surface area contributed by atoms with Gasteiger partial charge in [0.1, 0.15) is 24.1 Å². The van der Waals surface area contributed by atoms with Crippen molar-refractivity contribution in [2.24, 2.45) is 4.99 Å². The summed E-state index contributed by atoms with van der Waals surface area (Å²) in [6.45, 7) is 10.1. The van der Waals surface area contributed by atoms with E-state index in [1.54, 1.807) is 30.6 Å². The van der Waals surface area contributed by atoms with Crippen molar-refractivity contribution in [3.05, 3.63) is 102 Å². The van der Waals surface area contributed by atoms with Crippen LogP contribution in [0.25, 0.3) is 6.08 Å². The van der Waals surface area contributed by atoms with E-state index in [9.17, 15) is 9.59 Å². The highest BCUT2D eigenvalue weighted by Gasteiger charge is 2.35. The summed E-state index contributed by atoms with van der Waals surface area (Å²) in [7, 11) is 0.